The number of nitriles is 2. The number of carbonyl (C=O) groups excluding carboxylic acids is 2. The Hall–Kier alpha value is -4.10. The van der Waals surface area contributed by atoms with E-state index in [1.54, 1.807) is 42.5 Å². The normalized spacial score (nSPS) is 10.5. The average Bonchev–Trinajstić information content (AvgIpc) is 2.77. The molecule has 2 aromatic rings. The number of benzene rings is 2. The minimum Gasteiger partial charge on any atom is -0.497 e. The number of aryl methyl sites for hydroxylation is 1. The first-order valence-corrected chi connectivity index (χ1v) is 9.15. The van der Waals surface area contributed by atoms with E-state index >= 15 is 0 Å². The fraction of sp³-hybridized carbons (Fsp3) is 0.217. The summed E-state index contributed by atoms with van der Waals surface area (Å²) in [6, 6.07) is 17.8. The maximum Gasteiger partial charge on any atom is 0.349 e. The maximum atomic E-state index is 12.6. The van der Waals surface area contributed by atoms with E-state index in [-0.39, 0.29) is 18.5 Å². The number of methoxy groups -OCH3 is 1. The molecule has 0 aromatic heterocycles. The number of hydrogen-bond acceptors (Lipinski definition) is 6. The van der Waals surface area contributed by atoms with Crippen molar-refractivity contribution in [1.29, 1.82) is 10.5 Å². The van der Waals surface area contributed by atoms with Crippen molar-refractivity contribution >= 4 is 23.6 Å². The van der Waals surface area contributed by atoms with Gasteiger partial charge in [0.2, 0.25) is 0 Å². The highest BCUT2D eigenvalue weighted by molar-refractivity contribution is 6.00. The van der Waals surface area contributed by atoms with Crippen LogP contribution in [0.25, 0.3) is 6.08 Å². The molecule has 7 nitrogen and oxygen atoms in total. The van der Waals surface area contributed by atoms with Gasteiger partial charge in [-0.2, -0.15) is 10.5 Å². The van der Waals surface area contributed by atoms with E-state index in [1.807, 2.05) is 25.1 Å². The van der Waals surface area contributed by atoms with Crippen LogP contribution in [0.4, 0.5) is 5.69 Å². The Morgan fingerprint density at radius 1 is 1.07 bits per heavy atom. The first-order valence-electron chi connectivity index (χ1n) is 9.15. The lowest BCUT2D eigenvalue weighted by molar-refractivity contribution is -0.143. The van der Waals surface area contributed by atoms with Crippen LogP contribution in [0.2, 0.25) is 0 Å². The van der Waals surface area contributed by atoms with E-state index in [9.17, 15) is 14.9 Å². The van der Waals surface area contributed by atoms with Crippen LogP contribution in [0.1, 0.15) is 17.5 Å². The molecule has 0 atom stereocenters. The van der Waals surface area contributed by atoms with Gasteiger partial charge in [0.1, 0.15) is 17.4 Å². The van der Waals surface area contributed by atoms with Crippen LogP contribution >= 0.6 is 0 Å². The Morgan fingerprint density at radius 3 is 2.30 bits per heavy atom. The van der Waals surface area contributed by atoms with Crippen molar-refractivity contribution in [3.8, 4) is 17.9 Å². The number of amides is 1. The van der Waals surface area contributed by atoms with Crippen LogP contribution in [0, 0.1) is 29.6 Å². The summed E-state index contributed by atoms with van der Waals surface area (Å²) in [7, 11) is 1.54. The Kier molecular flexibility index (Phi) is 8.16. The fourth-order valence-electron chi connectivity index (χ4n) is 2.57. The molecule has 7 heteroatoms. The summed E-state index contributed by atoms with van der Waals surface area (Å²) in [5.74, 6) is -0.734. The molecular formula is C23H21N3O4. The van der Waals surface area contributed by atoms with Crippen LogP contribution in [0.15, 0.2) is 54.1 Å². The van der Waals surface area contributed by atoms with Crippen LogP contribution < -0.4 is 9.64 Å². The van der Waals surface area contributed by atoms with E-state index in [2.05, 4.69) is 0 Å². The van der Waals surface area contributed by atoms with Gasteiger partial charge in [0.25, 0.3) is 5.91 Å². The Balaban J connectivity index is 2.07. The topological polar surface area (TPSA) is 103 Å². The second kappa shape index (κ2) is 11.0. The molecule has 0 aliphatic heterocycles. The molecule has 30 heavy (non-hydrogen) atoms. The van der Waals surface area contributed by atoms with Gasteiger partial charge in [0.15, 0.2) is 6.61 Å². The number of nitrogens with zero attached hydrogens (tertiary/aromatic N) is 3. The highest BCUT2D eigenvalue weighted by atomic mass is 16.5. The van der Waals surface area contributed by atoms with E-state index < -0.39 is 18.5 Å². The van der Waals surface area contributed by atoms with E-state index in [0.29, 0.717) is 17.0 Å². The molecule has 0 heterocycles. The first-order chi connectivity index (χ1) is 14.5. The van der Waals surface area contributed by atoms with Gasteiger partial charge in [-0.25, -0.2) is 4.79 Å². The summed E-state index contributed by atoms with van der Waals surface area (Å²) in [5, 5.41) is 18.1. The second-order valence-electron chi connectivity index (χ2n) is 6.31. The number of anilines is 1. The van der Waals surface area contributed by atoms with Crippen LogP contribution in [0.5, 0.6) is 5.75 Å². The first kappa shape index (κ1) is 22.2. The summed E-state index contributed by atoms with van der Waals surface area (Å²) < 4.78 is 10.1. The van der Waals surface area contributed by atoms with Crippen molar-refractivity contribution in [2.45, 2.75) is 13.3 Å². The van der Waals surface area contributed by atoms with Gasteiger partial charge in [-0.05, 0) is 42.8 Å². The van der Waals surface area contributed by atoms with Crippen molar-refractivity contribution < 1.29 is 19.1 Å². The van der Waals surface area contributed by atoms with E-state index in [1.165, 1.54) is 18.1 Å². The third kappa shape index (κ3) is 6.22. The molecule has 1 amide bonds. The van der Waals surface area contributed by atoms with Crippen LogP contribution in [-0.2, 0) is 14.3 Å². The summed E-state index contributed by atoms with van der Waals surface area (Å²) in [6.45, 7) is 1.55. The summed E-state index contributed by atoms with van der Waals surface area (Å²) in [5.41, 5.74) is 2.02. The molecule has 0 N–H and O–H groups in total. The molecule has 152 valence electrons. The zero-order valence-corrected chi connectivity index (χ0v) is 16.8. The molecule has 0 bridgehead atoms. The predicted octanol–water partition coefficient (Wildman–Crippen LogP) is 3.40. The van der Waals surface area contributed by atoms with Gasteiger partial charge < -0.3 is 14.4 Å². The van der Waals surface area contributed by atoms with Crippen molar-refractivity contribution in [1.82, 2.24) is 0 Å². The monoisotopic (exact) mass is 403 g/mol. The van der Waals surface area contributed by atoms with Crippen LogP contribution in [0.3, 0.4) is 0 Å². The maximum absolute atomic E-state index is 12.6. The molecule has 0 aliphatic carbocycles. The van der Waals surface area contributed by atoms with Gasteiger partial charge in [-0.3, -0.25) is 4.79 Å². The van der Waals surface area contributed by atoms with Gasteiger partial charge in [-0.15, -0.1) is 0 Å². The van der Waals surface area contributed by atoms with Gasteiger partial charge in [0.05, 0.1) is 19.6 Å². The fourth-order valence-corrected chi connectivity index (χ4v) is 2.57. The smallest absolute Gasteiger partial charge is 0.349 e. The molecule has 0 aliphatic rings. The third-order valence-electron chi connectivity index (χ3n) is 4.19. The van der Waals surface area contributed by atoms with Gasteiger partial charge in [-0.1, -0.05) is 29.8 Å². The molecule has 0 fully saturated rings. The number of carbonyl (C=O) groups is 2. The Morgan fingerprint density at radius 2 is 1.73 bits per heavy atom. The Bertz CT molecular complexity index is 997. The van der Waals surface area contributed by atoms with Crippen molar-refractivity contribution in [2.75, 3.05) is 25.2 Å². The summed E-state index contributed by atoms with van der Waals surface area (Å²) in [6.07, 6.45) is 1.51. The number of esters is 1. The summed E-state index contributed by atoms with van der Waals surface area (Å²) >= 11 is 0. The third-order valence-corrected chi connectivity index (χ3v) is 4.19. The lowest BCUT2D eigenvalue weighted by Gasteiger charge is -2.21. The Labute approximate surface area is 175 Å². The SMILES string of the molecule is COc1ccc(/C=C(\C#N)C(=O)OCC(=O)N(CCC#N)c2ccc(C)cc2)cc1. The predicted molar refractivity (Wildman–Crippen MR) is 111 cm³/mol. The average molecular weight is 403 g/mol. The second-order valence-corrected chi connectivity index (χ2v) is 6.31. The summed E-state index contributed by atoms with van der Waals surface area (Å²) in [4.78, 5) is 26.2. The molecule has 2 aromatic carbocycles. The number of rotatable bonds is 8. The molecule has 0 spiro atoms. The molecule has 2 rings (SSSR count). The molecular weight excluding hydrogens is 382 g/mol. The zero-order chi connectivity index (χ0) is 21.9. The molecule has 0 saturated heterocycles. The lowest BCUT2D eigenvalue weighted by atomic mass is 10.1. The van der Waals surface area contributed by atoms with Gasteiger partial charge in [0, 0.05) is 12.2 Å². The van der Waals surface area contributed by atoms with Crippen molar-refractivity contribution in [2.24, 2.45) is 0 Å². The van der Waals surface area contributed by atoms with Crippen molar-refractivity contribution in [3.63, 3.8) is 0 Å². The zero-order valence-electron chi connectivity index (χ0n) is 16.8. The number of ether oxygens (including phenoxy) is 2. The van der Waals surface area contributed by atoms with E-state index in [4.69, 9.17) is 14.7 Å². The lowest BCUT2D eigenvalue weighted by Crippen LogP contribution is -2.35. The largest absolute Gasteiger partial charge is 0.497 e. The minimum atomic E-state index is -0.897. The van der Waals surface area contributed by atoms with Gasteiger partial charge >= 0.3 is 5.97 Å². The molecule has 0 saturated carbocycles. The quantitative estimate of drug-likeness (QED) is 0.380. The van der Waals surface area contributed by atoms with Crippen LogP contribution in [-0.4, -0.2) is 32.1 Å². The molecule has 0 unspecified atom stereocenters. The number of hydrogen-bond donors (Lipinski definition) is 0. The molecule has 0 radical (unpaired) electrons. The van der Waals surface area contributed by atoms with E-state index in [0.717, 1.165) is 5.56 Å². The standard InChI is InChI=1S/C23H21N3O4/c1-17-4-8-20(9-5-17)26(13-3-12-24)22(27)16-30-23(28)19(15-25)14-18-6-10-21(29-2)11-7-18/h4-11,14H,3,13,16H2,1-2H3/b19-14+. The van der Waals surface area contributed by atoms with Crippen molar-refractivity contribution in [3.05, 3.63) is 65.2 Å². The minimum absolute atomic E-state index is 0.133. The highest BCUT2D eigenvalue weighted by Crippen LogP contribution is 2.17. The highest BCUT2D eigenvalue weighted by Gasteiger charge is 2.19.